The molecule has 2 heterocycles. The third-order valence-corrected chi connectivity index (χ3v) is 8.37. The minimum absolute atomic E-state index is 0.0418. The fraction of sp³-hybridized carbons (Fsp3) is 0.824. The van der Waals surface area contributed by atoms with Crippen LogP contribution in [0.2, 0.25) is 0 Å². The van der Waals surface area contributed by atoms with Crippen molar-refractivity contribution < 1.29 is 13.2 Å². The van der Waals surface area contributed by atoms with E-state index in [4.69, 9.17) is 0 Å². The molecule has 2 fully saturated rings. The van der Waals surface area contributed by atoms with Crippen molar-refractivity contribution >= 4 is 27.5 Å². The molecule has 1 saturated heterocycles. The molecule has 146 valence electrons. The fourth-order valence-electron chi connectivity index (χ4n) is 3.85. The summed E-state index contributed by atoms with van der Waals surface area (Å²) in [5, 5.41) is 12.2. The van der Waals surface area contributed by atoms with Gasteiger partial charge in [-0.05, 0) is 31.1 Å². The minimum Gasteiger partial charge on any atom is -0.352 e. The Bertz CT molecular complexity index is 747. The predicted octanol–water partition coefficient (Wildman–Crippen LogP) is 1.58. The molecule has 0 unspecified atom stereocenters. The van der Waals surface area contributed by atoms with Crippen LogP contribution < -0.4 is 5.32 Å². The Morgan fingerprint density at radius 3 is 2.73 bits per heavy atom. The van der Waals surface area contributed by atoms with E-state index in [-0.39, 0.29) is 29.4 Å². The Kier molecular flexibility index (Phi) is 6.27. The molecular formula is C17H28N4O3S2. The van der Waals surface area contributed by atoms with E-state index in [0.29, 0.717) is 29.7 Å². The number of aromatic nitrogens is 3. The lowest BCUT2D eigenvalue weighted by atomic mass is 9.86. The summed E-state index contributed by atoms with van der Waals surface area (Å²) in [6.07, 6.45) is 6.00. The molecule has 1 amide bonds. The van der Waals surface area contributed by atoms with Gasteiger partial charge in [-0.1, -0.05) is 31.5 Å². The van der Waals surface area contributed by atoms with Gasteiger partial charge in [-0.15, -0.1) is 10.2 Å². The van der Waals surface area contributed by atoms with Crippen LogP contribution in [0.25, 0.3) is 0 Å². The molecule has 0 aromatic carbocycles. The van der Waals surface area contributed by atoms with Crippen molar-refractivity contribution in [2.45, 2.75) is 56.6 Å². The Hall–Kier alpha value is -1.09. The second kappa shape index (κ2) is 8.29. The third-order valence-electron chi connectivity index (χ3n) is 5.51. The van der Waals surface area contributed by atoms with E-state index in [9.17, 15) is 13.2 Å². The maximum absolute atomic E-state index is 12.2. The Morgan fingerprint density at radius 2 is 2.04 bits per heavy atom. The quantitative estimate of drug-likeness (QED) is 0.729. The SMILES string of the molecule is C[C@H]1CCCC[C@H]1NC(=O)CSc1nnc(C[C@@H]2CCS(=O)(=O)C2)n1C. The lowest BCUT2D eigenvalue weighted by Crippen LogP contribution is -2.41. The highest BCUT2D eigenvalue weighted by atomic mass is 32.2. The molecule has 0 radical (unpaired) electrons. The fourth-order valence-corrected chi connectivity index (χ4v) is 6.45. The van der Waals surface area contributed by atoms with Crippen molar-refractivity contribution in [3.63, 3.8) is 0 Å². The maximum Gasteiger partial charge on any atom is 0.230 e. The molecule has 1 aromatic heterocycles. The van der Waals surface area contributed by atoms with Crippen molar-refractivity contribution in [2.75, 3.05) is 17.3 Å². The largest absolute Gasteiger partial charge is 0.352 e. The highest BCUT2D eigenvalue weighted by Crippen LogP contribution is 2.25. The van der Waals surface area contributed by atoms with Crippen LogP contribution in [0.15, 0.2) is 5.16 Å². The van der Waals surface area contributed by atoms with Crippen LogP contribution in [-0.2, 0) is 28.1 Å². The van der Waals surface area contributed by atoms with Crippen LogP contribution >= 0.6 is 11.8 Å². The first kappa shape index (κ1) is 19.7. The smallest absolute Gasteiger partial charge is 0.230 e. The van der Waals surface area contributed by atoms with Crippen LogP contribution in [0.4, 0.5) is 0 Å². The number of nitrogens with one attached hydrogen (secondary N) is 1. The highest BCUT2D eigenvalue weighted by Gasteiger charge is 2.29. The molecule has 3 rings (SSSR count). The molecule has 3 atom stereocenters. The first-order valence-corrected chi connectivity index (χ1v) is 12.2. The molecule has 2 aliphatic rings. The molecule has 0 spiro atoms. The average molecular weight is 401 g/mol. The minimum atomic E-state index is -2.88. The van der Waals surface area contributed by atoms with Crippen molar-refractivity contribution in [1.82, 2.24) is 20.1 Å². The molecule has 0 bridgehead atoms. The van der Waals surface area contributed by atoms with E-state index in [1.807, 2.05) is 11.6 Å². The average Bonchev–Trinajstić information content (AvgIpc) is 3.11. The van der Waals surface area contributed by atoms with E-state index < -0.39 is 9.84 Å². The van der Waals surface area contributed by atoms with Crippen LogP contribution in [0, 0.1) is 11.8 Å². The normalized spacial score (nSPS) is 28.2. The predicted molar refractivity (Wildman–Crippen MR) is 102 cm³/mol. The zero-order valence-corrected chi connectivity index (χ0v) is 17.1. The summed E-state index contributed by atoms with van der Waals surface area (Å²) in [5.74, 6) is 2.34. The van der Waals surface area contributed by atoms with Gasteiger partial charge in [0, 0.05) is 19.5 Å². The molecule has 7 nitrogen and oxygen atoms in total. The van der Waals surface area contributed by atoms with Gasteiger partial charge in [0.2, 0.25) is 5.91 Å². The van der Waals surface area contributed by atoms with E-state index in [1.165, 1.54) is 31.0 Å². The van der Waals surface area contributed by atoms with Crippen molar-refractivity contribution in [3.05, 3.63) is 5.82 Å². The zero-order chi connectivity index (χ0) is 18.7. The molecule has 1 saturated carbocycles. The molecule has 1 aromatic rings. The van der Waals surface area contributed by atoms with Crippen LogP contribution in [0.1, 0.15) is 44.9 Å². The molecule has 1 aliphatic heterocycles. The Balaban J connectivity index is 1.49. The standard InChI is InChI=1S/C17H28N4O3S2/c1-12-5-3-4-6-14(12)18-16(22)10-25-17-20-19-15(21(17)2)9-13-7-8-26(23,24)11-13/h12-14H,3-11H2,1-2H3,(H,18,22)/t12-,13-,14+/m0/s1. The highest BCUT2D eigenvalue weighted by molar-refractivity contribution is 7.99. The lowest BCUT2D eigenvalue weighted by Gasteiger charge is -2.29. The number of hydrogen-bond acceptors (Lipinski definition) is 6. The van der Waals surface area contributed by atoms with Gasteiger partial charge in [-0.3, -0.25) is 4.79 Å². The van der Waals surface area contributed by atoms with Crippen molar-refractivity contribution in [1.29, 1.82) is 0 Å². The van der Waals surface area contributed by atoms with E-state index >= 15 is 0 Å². The second-order valence-corrected chi connectivity index (χ2v) is 10.8. The van der Waals surface area contributed by atoms with Gasteiger partial charge >= 0.3 is 0 Å². The summed E-state index contributed by atoms with van der Waals surface area (Å²) in [7, 11) is -1.00. The van der Waals surface area contributed by atoms with Crippen molar-refractivity contribution in [2.24, 2.45) is 18.9 Å². The van der Waals surface area contributed by atoms with Crippen LogP contribution in [0.5, 0.6) is 0 Å². The summed E-state index contributed by atoms with van der Waals surface area (Å²) in [4.78, 5) is 12.2. The first-order valence-electron chi connectivity index (χ1n) is 9.35. The number of sulfone groups is 1. The molecule has 9 heteroatoms. The number of rotatable bonds is 6. The van der Waals surface area contributed by atoms with E-state index in [2.05, 4.69) is 22.4 Å². The van der Waals surface area contributed by atoms with Gasteiger partial charge in [-0.25, -0.2) is 8.42 Å². The summed E-state index contributed by atoms with van der Waals surface area (Å²) in [6, 6.07) is 0.288. The number of hydrogen-bond donors (Lipinski definition) is 1. The monoisotopic (exact) mass is 400 g/mol. The number of amides is 1. The lowest BCUT2D eigenvalue weighted by molar-refractivity contribution is -0.119. The molecule has 1 N–H and O–H groups in total. The van der Waals surface area contributed by atoms with Gasteiger partial charge in [0.1, 0.15) is 5.82 Å². The summed E-state index contributed by atoms with van der Waals surface area (Å²) < 4.78 is 25.1. The number of thioether (sulfide) groups is 1. The van der Waals surface area contributed by atoms with Gasteiger partial charge in [0.05, 0.1) is 17.3 Å². The van der Waals surface area contributed by atoms with Gasteiger partial charge in [0.15, 0.2) is 15.0 Å². The second-order valence-electron chi connectivity index (χ2n) is 7.66. The van der Waals surface area contributed by atoms with Crippen LogP contribution in [0.3, 0.4) is 0 Å². The summed E-state index contributed by atoms with van der Waals surface area (Å²) in [6.45, 7) is 2.20. The van der Waals surface area contributed by atoms with Gasteiger partial charge in [-0.2, -0.15) is 0 Å². The number of carbonyl (C=O) groups excluding carboxylic acids is 1. The topological polar surface area (TPSA) is 94.0 Å². The third kappa shape index (κ3) is 5.00. The number of nitrogens with zero attached hydrogens (tertiary/aromatic N) is 3. The Morgan fingerprint density at radius 1 is 1.27 bits per heavy atom. The maximum atomic E-state index is 12.2. The summed E-state index contributed by atoms with van der Waals surface area (Å²) in [5.41, 5.74) is 0. The van der Waals surface area contributed by atoms with E-state index in [1.54, 1.807) is 0 Å². The summed E-state index contributed by atoms with van der Waals surface area (Å²) >= 11 is 1.38. The van der Waals surface area contributed by atoms with Gasteiger partial charge in [0.25, 0.3) is 0 Å². The van der Waals surface area contributed by atoms with Gasteiger partial charge < -0.3 is 9.88 Å². The molecular weight excluding hydrogens is 372 g/mol. The Labute approximate surface area is 159 Å². The zero-order valence-electron chi connectivity index (χ0n) is 15.5. The molecule has 26 heavy (non-hydrogen) atoms. The number of carbonyl (C=O) groups is 1. The van der Waals surface area contributed by atoms with Crippen molar-refractivity contribution in [3.8, 4) is 0 Å². The molecule has 1 aliphatic carbocycles. The van der Waals surface area contributed by atoms with Crippen LogP contribution in [-0.4, -0.2) is 52.4 Å². The first-order chi connectivity index (χ1) is 12.3. The van der Waals surface area contributed by atoms with E-state index in [0.717, 1.165) is 12.2 Å².